The molecule has 0 N–H and O–H groups in total. The molecule has 162 valence electrons. The highest BCUT2D eigenvalue weighted by molar-refractivity contribution is 7.85. The van der Waals surface area contributed by atoms with Crippen molar-refractivity contribution in [1.82, 2.24) is 0 Å². The fourth-order valence-electron chi connectivity index (χ4n) is 2.35. The lowest BCUT2D eigenvalue weighted by Gasteiger charge is -2.40. The second-order valence-electron chi connectivity index (χ2n) is 11.4. The molecule has 0 amide bonds. The second kappa shape index (κ2) is 7.83. The van der Waals surface area contributed by atoms with Gasteiger partial charge < -0.3 is 8.85 Å². The monoisotopic (exact) mass is 438 g/mol. The molecular formula is C19H42O5SSi2. The van der Waals surface area contributed by atoms with E-state index in [1.807, 2.05) is 0 Å². The van der Waals surface area contributed by atoms with Gasteiger partial charge in [0, 0.05) is 18.6 Å². The van der Waals surface area contributed by atoms with Crippen LogP contribution in [0.25, 0.3) is 0 Å². The van der Waals surface area contributed by atoms with Crippen molar-refractivity contribution in [2.45, 2.75) is 84.2 Å². The first-order valence-electron chi connectivity index (χ1n) is 9.85. The first-order chi connectivity index (χ1) is 11.7. The first-order valence-corrected chi connectivity index (χ1v) is 17.5. The summed E-state index contributed by atoms with van der Waals surface area (Å²) in [5, 5.41) is 0.282. The normalized spacial score (nSPS) is 21.4. The van der Waals surface area contributed by atoms with E-state index in [2.05, 4.69) is 67.7 Å². The molecule has 1 atom stereocenters. The van der Waals surface area contributed by atoms with E-state index in [1.165, 1.54) is 0 Å². The van der Waals surface area contributed by atoms with Crippen LogP contribution in [0.5, 0.6) is 0 Å². The van der Waals surface area contributed by atoms with Crippen LogP contribution < -0.4 is 0 Å². The maximum atomic E-state index is 11.4. The van der Waals surface area contributed by atoms with Crippen LogP contribution in [0.4, 0.5) is 0 Å². The molecule has 1 rings (SSSR count). The van der Waals surface area contributed by atoms with Gasteiger partial charge in [-0.2, -0.15) is 8.42 Å². The molecule has 0 aromatic heterocycles. The SMILES string of the molecule is CC(C)(C)[Si](C)(C)OCC1(CO[Si](C)(C)C(C)(C)C)CC1COS(C)(=O)=O. The van der Waals surface area contributed by atoms with Crippen LogP contribution in [0.3, 0.4) is 0 Å². The van der Waals surface area contributed by atoms with Crippen LogP contribution in [0.2, 0.25) is 36.3 Å². The maximum Gasteiger partial charge on any atom is 0.264 e. The van der Waals surface area contributed by atoms with Crippen molar-refractivity contribution in [2.75, 3.05) is 26.1 Å². The third-order valence-corrected chi connectivity index (χ3v) is 16.4. The zero-order valence-electron chi connectivity index (χ0n) is 19.4. The Morgan fingerprint density at radius 1 is 0.889 bits per heavy atom. The molecule has 0 spiro atoms. The molecule has 0 aromatic rings. The van der Waals surface area contributed by atoms with Gasteiger partial charge in [0.25, 0.3) is 10.1 Å². The van der Waals surface area contributed by atoms with E-state index in [-0.39, 0.29) is 28.0 Å². The van der Waals surface area contributed by atoms with Crippen LogP contribution in [-0.4, -0.2) is 51.1 Å². The topological polar surface area (TPSA) is 61.8 Å². The van der Waals surface area contributed by atoms with Gasteiger partial charge in [0.05, 0.1) is 12.9 Å². The minimum absolute atomic E-state index is 0.129. The Morgan fingerprint density at radius 3 is 1.56 bits per heavy atom. The quantitative estimate of drug-likeness (QED) is 0.374. The molecule has 0 aromatic carbocycles. The van der Waals surface area contributed by atoms with E-state index >= 15 is 0 Å². The summed E-state index contributed by atoms with van der Waals surface area (Å²) < 4.78 is 40.9. The van der Waals surface area contributed by atoms with Crippen molar-refractivity contribution in [2.24, 2.45) is 11.3 Å². The van der Waals surface area contributed by atoms with E-state index in [0.717, 1.165) is 12.7 Å². The highest BCUT2D eigenvalue weighted by Gasteiger charge is 2.57. The molecule has 1 saturated carbocycles. The molecule has 1 aliphatic rings. The van der Waals surface area contributed by atoms with Crippen molar-refractivity contribution < 1.29 is 21.5 Å². The Hall–Kier alpha value is 0.264. The molecule has 5 nitrogen and oxygen atoms in total. The largest absolute Gasteiger partial charge is 0.416 e. The van der Waals surface area contributed by atoms with E-state index in [4.69, 9.17) is 13.0 Å². The van der Waals surface area contributed by atoms with Crippen molar-refractivity contribution >= 4 is 26.8 Å². The van der Waals surface area contributed by atoms with E-state index in [9.17, 15) is 8.42 Å². The summed E-state index contributed by atoms with van der Waals surface area (Å²) >= 11 is 0. The van der Waals surface area contributed by atoms with E-state index in [0.29, 0.717) is 13.2 Å². The van der Waals surface area contributed by atoms with Gasteiger partial charge in [-0.1, -0.05) is 41.5 Å². The summed E-state index contributed by atoms with van der Waals surface area (Å²) in [5.74, 6) is 0.168. The van der Waals surface area contributed by atoms with Crippen LogP contribution >= 0.6 is 0 Å². The van der Waals surface area contributed by atoms with Gasteiger partial charge in [-0.15, -0.1) is 0 Å². The zero-order chi connectivity index (χ0) is 21.5. The molecule has 1 fully saturated rings. The average molecular weight is 439 g/mol. The lowest BCUT2D eigenvalue weighted by atomic mass is 10.1. The molecule has 0 aliphatic heterocycles. The lowest BCUT2D eigenvalue weighted by Crippen LogP contribution is -2.45. The third-order valence-electron chi connectivity index (χ3n) is 6.90. The second-order valence-corrected chi connectivity index (χ2v) is 22.6. The van der Waals surface area contributed by atoms with Crippen molar-refractivity contribution in [3.05, 3.63) is 0 Å². The van der Waals surface area contributed by atoms with Crippen molar-refractivity contribution in [3.8, 4) is 0 Å². The number of rotatable bonds is 9. The summed E-state index contributed by atoms with van der Waals surface area (Å²) in [6.45, 7) is 23.9. The summed E-state index contributed by atoms with van der Waals surface area (Å²) in [4.78, 5) is 0. The number of hydrogen-bond acceptors (Lipinski definition) is 5. The molecule has 0 bridgehead atoms. The molecular weight excluding hydrogens is 396 g/mol. The standard InChI is InChI=1S/C19H42O5SSi2/c1-17(2,3)26(8,9)23-14-19(12-16(19)13-22-25(7,20)21)15-24-27(10,11)18(4,5)6/h16H,12-15H2,1-11H3. The van der Waals surface area contributed by atoms with E-state index < -0.39 is 26.8 Å². The Morgan fingerprint density at radius 2 is 1.26 bits per heavy atom. The van der Waals surface area contributed by atoms with Gasteiger partial charge in [-0.05, 0) is 48.6 Å². The summed E-state index contributed by atoms with van der Waals surface area (Å²) in [7, 11) is -7.18. The van der Waals surface area contributed by atoms with Crippen molar-refractivity contribution in [3.63, 3.8) is 0 Å². The highest BCUT2D eigenvalue weighted by atomic mass is 32.2. The van der Waals surface area contributed by atoms with Crippen LogP contribution in [-0.2, 0) is 23.2 Å². The Bertz CT molecular complexity index is 585. The maximum absolute atomic E-state index is 11.4. The van der Waals surface area contributed by atoms with Gasteiger partial charge in [0.15, 0.2) is 16.6 Å². The molecule has 0 heterocycles. The van der Waals surface area contributed by atoms with Crippen LogP contribution in [0.1, 0.15) is 48.0 Å². The predicted octanol–water partition coefficient (Wildman–Crippen LogP) is 5.01. The first kappa shape index (κ1) is 25.3. The Balaban J connectivity index is 2.87. The summed E-state index contributed by atoms with van der Waals surface area (Å²) in [5.41, 5.74) is -0.129. The molecule has 8 heteroatoms. The Kier molecular flexibility index (Phi) is 7.34. The minimum Gasteiger partial charge on any atom is -0.416 e. The summed E-state index contributed by atoms with van der Waals surface area (Å²) in [6, 6.07) is 0. The fourth-order valence-corrected chi connectivity index (χ4v) is 4.92. The third kappa shape index (κ3) is 6.92. The number of hydrogen-bond donors (Lipinski definition) is 0. The molecule has 1 aliphatic carbocycles. The van der Waals surface area contributed by atoms with Gasteiger partial charge in [0.1, 0.15) is 0 Å². The van der Waals surface area contributed by atoms with Crippen LogP contribution in [0.15, 0.2) is 0 Å². The molecule has 0 saturated heterocycles. The van der Waals surface area contributed by atoms with Gasteiger partial charge in [-0.3, -0.25) is 4.18 Å². The van der Waals surface area contributed by atoms with Crippen LogP contribution in [0, 0.1) is 11.3 Å². The van der Waals surface area contributed by atoms with Gasteiger partial charge in [0.2, 0.25) is 0 Å². The summed E-state index contributed by atoms with van der Waals surface area (Å²) in [6.07, 6.45) is 2.00. The molecule has 27 heavy (non-hydrogen) atoms. The predicted molar refractivity (Wildman–Crippen MR) is 118 cm³/mol. The smallest absolute Gasteiger partial charge is 0.264 e. The molecule has 0 radical (unpaired) electrons. The average Bonchev–Trinajstić information content (AvgIpc) is 3.12. The highest BCUT2D eigenvalue weighted by Crippen LogP contribution is 2.55. The van der Waals surface area contributed by atoms with Crippen molar-refractivity contribution in [1.29, 1.82) is 0 Å². The molecule has 1 unspecified atom stereocenters. The Labute approximate surface area is 169 Å². The fraction of sp³-hybridized carbons (Fsp3) is 1.00. The van der Waals surface area contributed by atoms with Gasteiger partial charge >= 0.3 is 0 Å². The van der Waals surface area contributed by atoms with E-state index in [1.54, 1.807) is 0 Å². The van der Waals surface area contributed by atoms with Gasteiger partial charge in [-0.25, -0.2) is 0 Å². The lowest BCUT2D eigenvalue weighted by molar-refractivity contribution is 0.120. The minimum atomic E-state index is -3.43. The zero-order valence-corrected chi connectivity index (χ0v) is 22.2.